The highest BCUT2D eigenvalue weighted by Gasteiger charge is 2.38. The monoisotopic (exact) mass is 314 g/mol. The standard InChI is InChI=1S/C14H22N2O4S/c1-15(11-12-4-3-5-14(10-12)20-2)21(18,19)16(8-9-17)13-6-7-13/h3-5,10,13,17H,6-9,11H2,1-2H3. The van der Waals surface area contributed by atoms with E-state index >= 15 is 0 Å². The molecule has 1 aliphatic rings. The summed E-state index contributed by atoms with van der Waals surface area (Å²) in [7, 11) is -0.416. The maximum atomic E-state index is 12.6. The molecule has 0 bridgehead atoms. The molecule has 7 heteroatoms. The molecule has 1 aliphatic carbocycles. The van der Waals surface area contributed by atoms with E-state index in [2.05, 4.69) is 0 Å². The van der Waals surface area contributed by atoms with Gasteiger partial charge in [-0.1, -0.05) is 12.1 Å². The van der Waals surface area contributed by atoms with Crippen molar-refractivity contribution >= 4 is 10.2 Å². The van der Waals surface area contributed by atoms with Gasteiger partial charge in [0.25, 0.3) is 10.2 Å². The third-order valence-electron chi connectivity index (χ3n) is 3.50. The van der Waals surface area contributed by atoms with Crippen LogP contribution in [0.3, 0.4) is 0 Å². The minimum atomic E-state index is -3.55. The van der Waals surface area contributed by atoms with E-state index in [-0.39, 0.29) is 25.7 Å². The predicted molar refractivity (Wildman–Crippen MR) is 80.2 cm³/mol. The van der Waals surface area contributed by atoms with Crippen molar-refractivity contribution in [3.8, 4) is 5.75 Å². The molecule has 1 N–H and O–H groups in total. The Hall–Kier alpha value is -1.15. The van der Waals surface area contributed by atoms with E-state index in [4.69, 9.17) is 9.84 Å². The van der Waals surface area contributed by atoms with Crippen molar-refractivity contribution in [2.45, 2.75) is 25.4 Å². The Bertz CT molecular complexity index is 572. The van der Waals surface area contributed by atoms with Crippen molar-refractivity contribution in [3.05, 3.63) is 29.8 Å². The number of rotatable bonds is 8. The Morgan fingerprint density at radius 2 is 2.10 bits per heavy atom. The highest BCUT2D eigenvalue weighted by Crippen LogP contribution is 2.30. The second-order valence-corrected chi connectivity index (χ2v) is 7.17. The van der Waals surface area contributed by atoms with Crippen LogP contribution in [0.25, 0.3) is 0 Å². The van der Waals surface area contributed by atoms with Crippen LogP contribution in [-0.4, -0.2) is 55.5 Å². The Balaban J connectivity index is 2.11. The predicted octanol–water partition coefficient (Wildman–Crippen LogP) is 0.829. The minimum absolute atomic E-state index is 0.0370. The van der Waals surface area contributed by atoms with E-state index in [1.165, 1.54) is 8.61 Å². The molecule has 0 spiro atoms. The highest BCUT2D eigenvalue weighted by molar-refractivity contribution is 7.86. The molecule has 0 atom stereocenters. The van der Waals surface area contributed by atoms with Gasteiger partial charge in [0.1, 0.15) is 5.75 Å². The van der Waals surface area contributed by atoms with Gasteiger partial charge in [0, 0.05) is 26.2 Å². The number of hydrogen-bond donors (Lipinski definition) is 1. The van der Waals surface area contributed by atoms with Crippen LogP contribution >= 0.6 is 0 Å². The van der Waals surface area contributed by atoms with E-state index in [0.717, 1.165) is 18.4 Å². The molecule has 2 rings (SSSR count). The highest BCUT2D eigenvalue weighted by atomic mass is 32.2. The van der Waals surface area contributed by atoms with Crippen molar-refractivity contribution in [2.24, 2.45) is 0 Å². The van der Waals surface area contributed by atoms with Gasteiger partial charge in [0.05, 0.1) is 13.7 Å². The Kier molecular flexibility index (Phi) is 5.21. The lowest BCUT2D eigenvalue weighted by atomic mass is 10.2. The van der Waals surface area contributed by atoms with Gasteiger partial charge < -0.3 is 9.84 Å². The number of aliphatic hydroxyl groups excluding tert-OH is 1. The summed E-state index contributed by atoms with van der Waals surface area (Å²) in [4.78, 5) is 0. The summed E-state index contributed by atoms with van der Waals surface area (Å²) in [5.74, 6) is 0.702. The lowest BCUT2D eigenvalue weighted by Gasteiger charge is -2.27. The first-order chi connectivity index (χ1) is 9.98. The zero-order chi connectivity index (χ0) is 15.5. The van der Waals surface area contributed by atoms with Crippen molar-refractivity contribution < 1.29 is 18.3 Å². The first kappa shape index (κ1) is 16.2. The van der Waals surface area contributed by atoms with Crippen molar-refractivity contribution in [1.82, 2.24) is 8.61 Å². The first-order valence-electron chi connectivity index (χ1n) is 6.96. The second-order valence-electron chi connectivity index (χ2n) is 5.18. The van der Waals surface area contributed by atoms with Gasteiger partial charge in [0.2, 0.25) is 0 Å². The van der Waals surface area contributed by atoms with Crippen LogP contribution in [0, 0.1) is 0 Å². The molecule has 0 radical (unpaired) electrons. The van der Waals surface area contributed by atoms with Gasteiger partial charge in [0.15, 0.2) is 0 Å². The van der Waals surface area contributed by atoms with Crippen LogP contribution in [0.15, 0.2) is 24.3 Å². The lowest BCUT2D eigenvalue weighted by Crippen LogP contribution is -2.44. The summed E-state index contributed by atoms with van der Waals surface area (Å²) in [5.41, 5.74) is 0.861. The average Bonchev–Trinajstić information content (AvgIpc) is 3.29. The van der Waals surface area contributed by atoms with Gasteiger partial charge in [-0.15, -0.1) is 0 Å². The molecule has 21 heavy (non-hydrogen) atoms. The third-order valence-corrected chi connectivity index (χ3v) is 5.49. The fraction of sp³-hybridized carbons (Fsp3) is 0.571. The fourth-order valence-electron chi connectivity index (χ4n) is 2.24. The Morgan fingerprint density at radius 1 is 1.38 bits per heavy atom. The van der Waals surface area contributed by atoms with Crippen molar-refractivity contribution in [2.75, 3.05) is 27.3 Å². The molecule has 0 saturated heterocycles. The molecule has 6 nitrogen and oxygen atoms in total. The largest absolute Gasteiger partial charge is 0.497 e. The summed E-state index contributed by atoms with van der Waals surface area (Å²) in [5, 5.41) is 9.08. The summed E-state index contributed by atoms with van der Waals surface area (Å²) < 4.78 is 33.0. The zero-order valence-corrected chi connectivity index (χ0v) is 13.2. The van der Waals surface area contributed by atoms with Crippen molar-refractivity contribution in [3.63, 3.8) is 0 Å². The van der Waals surface area contributed by atoms with Gasteiger partial charge >= 0.3 is 0 Å². The minimum Gasteiger partial charge on any atom is -0.497 e. The summed E-state index contributed by atoms with van der Waals surface area (Å²) in [6.07, 6.45) is 1.73. The Morgan fingerprint density at radius 3 is 2.67 bits per heavy atom. The Labute approximate surface area is 126 Å². The topological polar surface area (TPSA) is 70.1 Å². The molecule has 1 fully saturated rings. The molecule has 0 heterocycles. The number of nitrogens with zero attached hydrogens (tertiary/aromatic N) is 2. The molecule has 0 amide bonds. The molecule has 0 unspecified atom stereocenters. The third kappa shape index (κ3) is 3.94. The van der Waals surface area contributed by atoms with Crippen LogP contribution in [0.4, 0.5) is 0 Å². The molecule has 0 aliphatic heterocycles. The summed E-state index contributed by atoms with van der Waals surface area (Å²) in [6.45, 7) is 0.256. The SMILES string of the molecule is COc1cccc(CN(C)S(=O)(=O)N(CCO)C2CC2)c1. The molecule has 1 aromatic carbocycles. The molecular formula is C14H22N2O4S. The normalized spacial score (nSPS) is 15.7. The van der Waals surface area contributed by atoms with Gasteiger partial charge in [-0.05, 0) is 30.5 Å². The molecular weight excluding hydrogens is 292 g/mol. The number of ether oxygens (including phenoxy) is 1. The van der Waals surface area contributed by atoms with E-state index in [9.17, 15) is 8.42 Å². The average molecular weight is 314 g/mol. The van der Waals surface area contributed by atoms with Crippen LogP contribution in [-0.2, 0) is 16.8 Å². The number of aliphatic hydroxyl groups is 1. The smallest absolute Gasteiger partial charge is 0.282 e. The van der Waals surface area contributed by atoms with E-state index in [1.807, 2.05) is 24.3 Å². The number of methoxy groups -OCH3 is 1. The van der Waals surface area contributed by atoms with Crippen LogP contribution < -0.4 is 4.74 Å². The van der Waals surface area contributed by atoms with E-state index < -0.39 is 10.2 Å². The molecule has 118 valence electrons. The second kappa shape index (κ2) is 6.74. The molecule has 1 saturated carbocycles. The first-order valence-corrected chi connectivity index (χ1v) is 8.35. The van der Waals surface area contributed by atoms with Crippen LogP contribution in [0.1, 0.15) is 18.4 Å². The maximum absolute atomic E-state index is 12.6. The molecule has 0 aromatic heterocycles. The lowest BCUT2D eigenvalue weighted by molar-refractivity contribution is 0.242. The quantitative estimate of drug-likeness (QED) is 0.771. The van der Waals surface area contributed by atoms with Gasteiger partial charge in [-0.3, -0.25) is 0 Å². The summed E-state index contributed by atoms with van der Waals surface area (Å²) in [6, 6.07) is 7.37. The van der Waals surface area contributed by atoms with E-state index in [1.54, 1.807) is 14.2 Å². The maximum Gasteiger partial charge on any atom is 0.282 e. The fourth-order valence-corrected chi connectivity index (χ4v) is 3.81. The number of hydrogen-bond acceptors (Lipinski definition) is 4. The van der Waals surface area contributed by atoms with Crippen LogP contribution in [0.2, 0.25) is 0 Å². The zero-order valence-electron chi connectivity index (χ0n) is 12.4. The van der Waals surface area contributed by atoms with Crippen LogP contribution in [0.5, 0.6) is 5.75 Å². The van der Waals surface area contributed by atoms with E-state index in [0.29, 0.717) is 5.75 Å². The summed E-state index contributed by atoms with van der Waals surface area (Å²) >= 11 is 0. The molecule has 1 aromatic rings. The van der Waals surface area contributed by atoms with Crippen molar-refractivity contribution in [1.29, 1.82) is 0 Å². The van der Waals surface area contributed by atoms with Gasteiger partial charge in [-0.2, -0.15) is 17.0 Å². The number of benzene rings is 1. The van der Waals surface area contributed by atoms with Gasteiger partial charge in [-0.25, -0.2) is 0 Å².